The highest BCUT2D eigenvalue weighted by atomic mass is 16.4. The molecule has 0 heterocycles. The molecule has 0 aliphatic rings. The third kappa shape index (κ3) is 5.59. The van der Waals surface area contributed by atoms with Gasteiger partial charge in [0.2, 0.25) is 0 Å². The Bertz CT molecular complexity index is 825. The van der Waals surface area contributed by atoms with Crippen molar-refractivity contribution in [3.8, 4) is 0 Å². The third-order valence-electron chi connectivity index (χ3n) is 4.88. The van der Waals surface area contributed by atoms with E-state index in [1.807, 2.05) is 64.1 Å². The van der Waals surface area contributed by atoms with E-state index < -0.39 is 24.9 Å². The molecule has 3 atom stereocenters. The van der Waals surface area contributed by atoms with Crippen molar-refractivity contribution in [2.75, 3.05) is 18.2 Å². The second kappa shape index (κ2) is 9.75. The maximum absolute atomic E-state index is 10.3. The van der Waals surface area contributed by atoms with Crippen LogP contribution in [0, 0.1) is 27.7 Å². The van der Waals surface area contributed by atoms with Crippen molar-refractivity contribution < 1.29 is 20.4 Å². The first-order chi connectivity index (χ1) is 13.2. The molecule has 4 N–H and O–H groups in total. The molecular weight excluding hydrogens is 358 g/mol. The first kappa shape index (κ1) is 22.0. The average Bonchev–Trinajstić information content (AvgIpc) is 2.68. The fourth-order valence-electron chi connectivity index (χ4n) is 2.62. The van der Waals surface area contributed by atoms with Crippen molar-refractivity contribution in [3.63, 3.8) is 0 Å². The van der Waals surface area contributed by atoms with Gasteiger partial charge in [-0.3, -0.25) is 0 Å². The zero-order chi connectivity index (χ0) is 20.8. The van der Waals surface area contributed by atoms with Gasteiger partial charge < -0.3 is 20.4 Å². The topological polar surface area (TPSA) is 109 Å². The van der Waals surface area contributed by atoms with Crippen LogP contribution in [0.2, 0.25) is 0 Å². The first-order valence-corrected chi connectivity index (χ1v) is 9.21. The second-order valence-corrected chi connectivity index (χ2v) is 7.12. The number of aliphatic hydroxyl groups is 4. The van der Waals surface area contributed by atoms with Gasteiger partial charge in [0.25, 0.3) is 0 Å². The largest absolute Gasteiger partial charge is 0.394 e. The highest BCUT2D eigenvalue weighted by Gasteiger charge is 2.26. The Kier molecular flexibility index (Phi) is 7.65. The summed E-state index contributed by atoms with van der Waals surface area (Å²) < 4.78 is 0. The fraction of sp³-hybridized carbons (Fsp3) is 0.429. The van der Waals surface area contributed by atoms with E-state index in [0.717, 1.165) is 22.3 Å². The van der Waals surface area contributed by atoms with Gasteiger partial charge in [0, 0.05) is 0 Å². The number of anilines is 1. The van der Waals surface area contributed by atoms with Crippen LogP contribution >= 0.6 is 0 Å². The number of hydrogen-bond acceptors (Lipinski definition) is 6. The van der Waals surface area contributed by atoms with Crippen molar-refractivity contribution in [3.05, 3.63) is 58.7 Å². The van der Waals surface area contributed by atoms with Crippen LogP contribution in [0.5, 0.6) is 0 Å². The maximum atomic E-state index is 10.3. The molecule has 7 heteroatoms. The summed E-state index contributed by atoms with van der Waals surface area (Å²) in [7, 11) is 0. The predicted molar refractivity (Wildman–Crippen MR) is 109 cm³/mol. The molecule has 0 amide bonds. The van der Waals surface area contributed by atoms with Gasteiger partial charge >= 0.3 is 0 Å². The van der Waals surface area contributed by atoms with Crippen molar-refractivity contribution >= 4 is 11.4 Å². The summed E-state index contributed by atoms with van der Waals surface area (Å²) in [6.07, 6.45) is -4.27. The lowest BCUT2D eigenvalue weighted by Gasteiger charge is -2.26. The molecule has 0 saturated heterocycles. The third-order valence-corrected chi connectivity index (χ3v) is 4.88. The van der Waals surface area contributed by atoms with Crippen LogP contribution in [0.15, 0.2) is 46.7 Å². The van der Waals surface area contributed by atoms with Crippen LogP contribution in [0.1, 0.15) is 22.3 Å². The lowest BCUT2D eigenvalue weighted by atomic mass is 10.1. The Morgan fingerprint density at radius 2 is 1.43 bits per heavy atom. The minimum absolute atomic E-state index is 0.102. The van der Waals surface area contributed by atoms with Gasteiger partial charge in [0.1, 0.15) is 18.3 Å². The van der Waals surface area contributed by atoms with E-state index in [-0.39, 0.29) is 6.54 Å². The van der Waals surface area contributed by atoms with Crippen molar-refractivity contribution in [2.24, 2.45) is 10.3 Å². The smallest absolute Gasteiger partial charge is 0.110 e. The standard InChI is InChI=1S/C21H29N3O4/c1-13-5-7-17(9-15(13)3)22-23-24(11-19(26)21(28)20(27)12-25)18-8-6-14(2)16(4)10-18/h5-10,19-21,25-28H,11-12H2,1-4H3/t19-,20+,21-/m0/s1. The Balaban J connectivity index is 2.30. The Hall–Kier alpha value is -2.32. The number of benzene rings is 2. The summed E-state index contributed by atoms with van der Waals surface area (Å²) >= 11 is 0. The quantitative estimate of drug-likeness (QED) is 0.411. The van der Waals surface area contributed by atoms with E-state index >= 15 is 0 Å². The lowest BCUT2D eigenvalue weighted by molar-refractivity contribution is -0.0732. The second-order valence-electron chi connectivity index (χ2n) is 7.12. The van der Waals surface area contributed by atoms with Gasteiger partial charge in [0.05, 0.1) is 24.5 Å². The van der Waals surface area contributed by atoms with Crippen molar-refractivity contribution in [1.29, 1.82) is 0 Å². The van der Waals surface area contributed by atoms with Gasteiger partial charge in [-0.05, 0) is 74.2 Å². The number of nitrogens with zero attached hydrogens (tertiary/aromatic N) is 3. The van der Waals surface area contributed by atoms with E-state index in [2.05, 4.69) is 10.3 Å². The zero-order valence-electron chi connectivity index (χ0n) is 16.7. The molecule has 0 aliphatic heterocycles. The predicted octanol–water partition coefficient (Wildman–Crippen LogP) is 2.50. The molecule has 0 saturated carbocycles. The van der Waals surface area contributed by atoms with E-state index in [9.17, 15) is 15.3 Å². The fourth-order valence-corrected chi connectivity index (χ4v) is 2.62. The number of aryl methyl sites for hydroxylation is 4. The molecular formula is C21H29N3O4. The van der Waals surface area contributed by atoms with Crippen LogP contribution in [-0.4, -0.2) is 51.9 Å². The van der Waals surface area contributed by atoms with E-state index in [0.29, 0.717) is 11.4 Å². The molecule has 0 fully saturated rings. The summed E-state index contributed by atoms with van der Waals surface area (Å²) in [6.45, 7) is 7.23. The van der Waals surface area contributed by atoms with Gasteiger partial charge in [-0.15, -0.1) is 5.11 Å². The monoisotopic (exact) mass is 387 g/mol. The molecule has 0 aliphatic carbocycles. The number of rotatable bonds is 8. The van der Waals surface area contributed by atoms with E-state index in [1.165, 1.54) is 5.01 Å². The normalized spacial score (nSPS) is 14.9. The van der Waals surface area contributed by atoms with Crippen LogP contribution < -0.4 is 5.01 Å². The van der Waals surface area contributed by atoms with Gasteiger partial charge in [-0.25, -0.2) is 5.01 Å². The van der Waals surface area contributed by atoms with E-state index in [4.69, 9.17) is 5.11 Å². The maximum Gasteiger partial charge on any atom is 0.110 e. The average molecular weight is 387 g/mol. The minimum Gasteiger partial charge on any atom is -0.394 e. The Labute approximate surface area is 165 Å². The SMILES string of the molecule is Cc1ccc(N=NN(C[C@H](O)[C@H](O)[C@H](O)CO)c2ccc(C)c(C)c2)cc1C. The molecule has 0 bridgehead atoms. The summed E-state index contributed by atoms with van der Waals surface area (Å²) in [6, 6.07) is 11.4. The van der Waals surface area contributed by atoms with Crippen LogP contribution in [0.3, 0.4) is 0 Å². The summed E-state index contributed by atoms with van der Waals surface area (Å²) in [4.78, 5) is 0. The molecule has 2 aromatic rings. The van der Waals surface area contributed by atoms with Crippen LogP contribution in [0.4, 0.5) is 11.4 Å². The van der Waals surface area contributed by atoms with Gasteiger partial charge in [-0.2, -0.15) is 0 Å². The molecule has 0 radical (unpaired) electrons. The molecule has 2 aromatic carbocycles. The summed E-state index contributed by atoms with van der Waals surface area (Å²) in [5.41, 5.74) is 5.78. The lowest BCUT2D eigenvalue weighted by Crippen LogP contribution is -2.44. The Morgan fingerprint density at radius 1 is 0.821 bits per heavy atom. The van der Waals surface area contributed by atoms with Crippen molar-refractivity contribution in [1.82, 2.24) is 0 Å². The van der Waals surface area contributed by atoms with Crippen LogP contribution in [0.25, 0.3) is 0 Å². The first-order valence-electron chi connectivity index (χ1n) is 9.21. The summed E-state index contributed by atoms with van der Waals surface area (Å²) in [5, 5.41) is 48.8. The Morgan fingerprint density at radius 3 is 2.00 bits per heavy atom. The zero-order valence-corrected chi connectivity index (χ0v) is 16.7. The highest BCUT2D eigenvalue weighted by molar-refractivity contribution is 5.50. The molecule has 28 heavy (non-hydrogen) atoms. The van der Waals surface area contributed by atoms with Crippen molar-refractivity contribution in [2.45, 2.75) is 46.0 Å². The number of aliphatic hydroxyl groups excluding tert-OH is 4. The molecule has 0 unspecified atom stereocenters. The van der Waals surface area contributed by atoms with Gasteiger partial charge in [0.15, 0.2) is 0 Å². The van der Waals surface area contributed by atoms with Gasteiger partial charge in [-0.1, -0.05) is 17.4 Å². The molecule has 152 valence electrons. The number of hydrogen-bond donors (Lipinski definition) is 4. The molecule has 0 spiro atoms. The minimum atomic E-state index is -1.50. The molecule has 7 nitrogen and oxygen atoms in total. The highest BCUT2D eigenvalue weighted by Crippen LogP contribution is 2.23. The van der Waals surface area contributed by atoms with E-state index in [1.54, 1.807) is 0 Å². The molecule has 2 rings (SSSR count). The summed E-state index contributed by atoms with van der Waals surface area (Å²) in [5.74, 6) is 0. The van der Waals surface area contributed by atoms with Crippen LogP contribution in [-0.2, 0) is 0 Å². The molecule has 0 aromatic heterocycles.